The molecular weight excluding hydrogens is 494 g/mol. The van der Waals surface area contributed by atoms with Crippen LogP contribution in [0, 0.1) is 0 Å². The number of hydrogen-bond acceptors (Lipinski definition) is 6. The van der Waals surface area contributed by atoms with Crippen LogP contribution in [0.4, 0.5) is 0 Å². The van der Waals surface area contributed by atoms with Gasteiger partial charge in [-0.15, -0.1) is 0 Å². The second-order valence-electron chi connectivity index (χ2n) is 0.500. The molecule has 0 heterocycles. The van der Waals surface area contributed by atoms with E-state index in [1.807, 2.05) is 0 Å². The molecular formula is O6Rb4Si2. The fraction of sp³-hybridized carbons (Fsp3) is 0. The topological polar surface area (TPSA) is 126 Å². The van der Waals surface area contributed by atoms with Crippen LogP contribution < -0.4 is 252 Å². The average molecular weight is 494 g/mol. The van der Waals surface area contributed by atoms with Crippen molar-refractivity contribution < 1.29 is 261 Å². The van der Waals surface area contributed by atoms with Crippen LogP contribution in [0.15, 0.2) is 0 Å². The van der Waals surface area contributed by atoms with Crippen molar-refractivity contribution >= 4 is 18.3 Å². The Balaban J connectivity index is -0.0000000112. The fourth-order valence-corrected chi connectivity index (χ4v) is 0. The molecule has 0 aromatic carbocycles. The zero-order valence-corrected chi connectivity index (χ0v) is 29.1. The Morgan fingerprint density at radius 2 is 0.583 bits per heavy atom. The van der Waals surface area contributed by atoms with Crippen LogP contribution >= 0.6 is 0 Å². The summed E-state index contributed by atoms with van der Waals surface area (Å²) >= 11 is 0. The molecule has 0 bridgehead atoms. The van der Waals surface area contributed by atoms with Crippen molar-refractivity contribution in [2.45, 2.75) is 0 Å². The first-order chi connectivity index (χ1) is 3.46. The van der Waals surface area contributed by atoms with Gasteiger partial charge >= 0.3 is 233 Å². The summed E-state index contributed by atoms with van der Waals surface area (Å²) in [6.45, 7) is 0. The van der Waals surface area contributed by atoms with Crippen molar-refractivity contribution in [1.82, 2.24) is 0 Å². The van der Waals surface area contributed by atoms with Gasteiger partial charge in [-0.1, -0.05) is 0 Å². The van der Waals surface area contributed by atoms with Crippen molar-refractivity contribution in [3.8, 4) is 0 Å². The molecule has 0 spiro atoms. The van der Waals surface area contributed by atoms with Gasteiger partial charge in [0.05, 0.1) is 0 Å². The molecule has 12 heteroatoms. The third-order valence-corrected chi connectivity index (χ3v) is 0. The van der Waals surface area contributed by atoms with Crippen LogP contribution in [0.2, 0.25) is 0 Å². The Hall–Kier alpha value is 6.45. The SMILES string of the molecule is O=[Si]([O-])[O-].O=[Si]([O-])[O-].[Rb+].[Rb+].[Rb+].[Rb+]. The van der Waals surface area contributed by atoms with E-state index < -0.39 is 18.3 Å². The van der Waals surface area contributed by atoms with Gasteiger partial charge in [-0.05, 0) is 0 Å². The maximum atomic E-state index is 8.52. The van der Waals surface area contributed by atoms with E-state index in [9.17, 15) is 0 Å². The van der Waals surface area contributed by atoms with Crippen molar-refractivity contribution in [2.24, 2.45) is 0 Å². The Bertz CT molecular complexity index is 75.5. The van der Waals surface area contributed by atoms with Crippen molar-refractivity contribution in [2.75, 3.05) is 0 Å². The standard InChI is InChI=1S/2O3Si.4Rb/c2*1-4(2)3;;;;/q2*-2;4*+1. The normalized spacial score (nSPS) is 4.00. The smallest absolute Gasteiger partial charge is 0.672 e. The first kappa shape index (κ1) is 36.2. The van der Waals surface area contributed by atoms with Gasteiger partial charge < -0.3 is 28.1 Å². The second-order valence-corrected chi connectivity index (χ2v) is 1.50. The van der Waals surface area contributed by atoms with E-state index in [2.05, 4.69) is 0 Å². The molecule has 6 nitrogen and oxygen atoms in total. The maximum absolute atomic E-state index is 8.52. The molecule has 0 aliphatic rings. The first-order valence-electron chi connectivity index (χ1n) is 1.22. The Morgan fingerprint density at radius 3 is 0.583 bits per heavy atom. The van der Waals surface area contributed by atoms with Gasteiger partial charge in [0.1, 0.15) is 0 Å². The van der Waals surface area contributed by atoms with Gasteiger partial charge in [0.25, 0.3) is 0 Å². The third kappa shape index (κ3) is 94.3. The molecule has 0 aromatic rings. The van der Waals surface area contributed by atoms with Crippen LogP contribution in [0.5, 0.6) is 0 Å². The van der Waals surface area contributed by atoms with E-state index in [0.29, 0.717) is 0 Å². The minimum Gasteiger partial charge on any atom is -0.672 e. The quantitative estimate of drug-likeness (QED) is 0.308. The van der Waals surface area contributed by atoms with E-state index in [1.54, 1.807) is 0 Å². The van der Waals surface area contributed by atoms with Crippen LogP contribution in [0.25, 0.3) is 0 Å². The van der Waals surface area contributed by atoms with Gasteiger partial charge in [-0.3, -0.25) is 0 Å². The molecule has 48 valence electrons. The summed E-state index contributed by atoms with van der Waals surface area (Å²) < 4.78 is 17.0. The third-order valence-electron chi connectivity index (χ3n) is 0. The van der Waals surface area contributed by atoms with E-state index in [1.165, 1.54) is 0 Å². The molecule has 0 aromatic heterocycles. The number of rotatable bonds is 0. The Morgan fingerprint density at radius 1 is 0.583 bits per heavy atom. The predicted molar refractivity (Wildman–Crippen MR) is 12.9 cm³/mol. The van der Waals surface area contributed by atoms with Gasteiger partial charge in [0, 0.05) is 18.3 Å². The molecule has 0 amide bonds. The molecule has 0 saturated heterocycles. The minimum atomic E-state index is -3.63. The summed E-state index contributed by atoms with van der Waals surface area (Å²) in [4.78, 5) is 34.1. The Kier molecular flexibility index (Phi) is 92.0. The maximum Gasteiger partial charge on any atom is 1.00 e. The minimum absolute atomic E-state index is 0. The molecule has 0 unspecified atom stereocenters. The van der Waals surface area contributed by atoms with Crippen LogP contribution in [0.3, 0.4) is 0 Å². The monoisotopic (exact) mass is 492 g/mol. The van der Waals surface area contributed by atoms with Crippen molar-refractivity contribution in [3.05, 3.63) is 0 Å². The van der Waals surface area contributed by atoms with Gasteiger partial charge in [-0.2, -0.15) is 0 Å². The van der Waals surface area contributed by atoms with E-state index in [-0.39, 0.29) is 233 Å². The predicted octanol–water partition coefficient (Wildman–Crippen LogP) is -17.7. The van der Waals surface area contributed by atoms with Crippen molar-refractivity contribution in [3.63, 3.8) is 0 Å². The largest absolute Gasteiger partial charge is 1.00 e. The Labute approximate surface area is 269 Å². The molecule has 0 atom stereocenters. The molecule has 0 radical (unpaired) electrons. The van der Waals surface area contributed by atoms with Gasteiger partial charge in [0.15, 0.2) is 0 Å². The van der Waals surface area contributed by atoms with E-state index >= 15 is 0 Å². The molecule has 0 rings (SSSR count). The van der Waals surface area contributed by atoms with Crippen molar-refractivity contribution in [1.29, 1.82) is 0 Å². The molecule has 0 N–H and O–H groups in total. The van der Waals surface area contributed by atoms with E-state index in [0.717, 1.165) is 0 Å². The zero-order chi connectivity index (χ0) is 7.15. The summed E-state index contributed by atoms with van der Waals surface area (Å²) in [6.07, 6.45) is 0. The summed E-state index contributed by atoms with van der Waals surface area (Å²) in [5.41, 5.74) is 0. The van der Waals surface area contributed by atoms with Gasteiger partial charge in [-0.25, -0.2) is 0 Å². The summed E-state index contributed by atoms with van der Waals surface area (Å²) in [5, 5.41) is 0. The van der Waals surface area contributed by atoms with Crippen LogP contribution in [0.1, 0.15) is 0 Å². The fourth-order valence-electron chi connectivity index (χ4n) is 0. The van der Waals surface area contributed by atoms with Crippen LogP contribution in [-0.4, -0.2) is 18.3 Å². The summed E-state index contributed by atoms with van der Waals surface area (Å²) in [7, 11) is -7.26. The van der Waals surface area contributed by atoms with Crippen LogP contribution in [-0.2, 0) is 8.92 Å². The average Bonchev–Trinajstić information content (AvgIpc) is 1.25. The van der Waals surface area contributed by atoms with Gasteiger partial charge in [0.2, 0.25) is 0 Å². The molecule has 0 aliphatic carbocycles. The number of hydrogen-bond donors (Lipinski definition) is 0. The molecule has 0 saturated carbocycles. The zero-order valence-electron chi connectivity index (χ0n) is 7.45. The van der Waals surface area contributed by atoms with E-state index in [4.69, 9.17) is 28.1 Å². The second kappa shape index (κ2) is 30.5. The molecule has 12 heavy (non-hydrogen) atoms. The summed E-state index contributed by atoms with van der Waals surface area (Å²) in [5.74, 6) is 0. The molecule has 0 fully saturated rings. The molecule has 0 aliphatic heterocycles. The first-order valence-corrected chi connectivity index (χ1v) is 3.67. The summed E-state index contributed by atoms with van der Waals surface area (Å²) in [6, 6.07) is 0.